The Labute approximate surface area is 110 Å². The van der Waals surface area contributed by atoms with Crippen molar-refractivity contribution < 1.29 is 0 Å². The van der Waals surface area contributed by atoms with E-state index < -0.39 is 0 Å². The highest BCUT2D eigenvalue weighted by molar-refractivity contribution is 6.04. The van der Waals surface area contributed by atoms with E-state index in [-0.39, 0.29) is 0 Å². The lowest BCUT2D eigenvalue weighted by molar-refractivity contribution is 0.836. The second-order valence-corrected chi connectivity index (χ2v) is 4.04. The van der Waals surface area contributed by atoms with E-state index in [1.807, 2.05) is 6.07 Å². The van der Waals surface area contributed by atoms with Crippen molar-refractivity contribution in [3.63, 3.8) is 0 Å². The van der Waals surface area contributed by atoms with E-state index in [1.54, 1.807) is 24.4 Å². The maximum Gasteiger partial charge on any atom is 0.181 e. The molecule has 4 aromatic heterocycles. The van der Waals surface area contributed by atoms with Crippen LogP contribution in [0.5, 0.6) is 0 Å². The molecule has 9 nitrogen and oxygen atoms in total. The molecule has 0 amide bonds. The molecule has 9 heteroatoms. The van der Waals surface area contributed by atoms with Gasteiger partial charge in [-0.3, -0.25) is 0 Å². The van der Waals surface area contributed by atoms with Crippen LogP contribution in [0, 0.1) is 0 Å². The Morgan fingerprint density at radius 2 is 2.15 bits per heavy atom. The summed E-state index contributed by atoms with van der Waals surface area (Å²) in [5, 5.41) is 16.5. The molecular formula is C11H5N9. The predicted molar refractivity (Wildman–Crippen MR) is 70.2 cm³/mol. The van der Waals surface area contributed by atoms with E-state index in [0.717, 1.165) is 0 Å². The van der Waals surface area contributed by atoms with E-state index in [0.29, 0.717) is 33.4 Å². The van der Waals surface area contributed by atoms with Gasteiger partial charge in [-0.25, -0.2) is 9.97 Å². The maximum atomic E-state index is 8.78. The minimum Gasteiger partial charge on any atom is -0.237 e. The topological polar surface area (TPSA) is 118 Å². The minimum absolute atomic E-state index is 0.470. The van der Waals surface area contributed by atoms with Gasteiger partial charge in [0.1, 0.15) is 0 Å². The molecule has 0 atom stereocenters. The lowest BCUT2D eigenvalue weighted by Crippen LogP contribution is -1.95. The number of hydrogen-bond donors (Lipinski definition) is 0. The van der Waals surface area contributed by atoms with Crippen molar-refractivity contribution in [3.05, 3.63) is 40.9 Å². The molecule has 4 rings (SSSR count). The van der Waals surface area contributed by atoms with Crippen LogP contribution in [0.4, 0.5) is 5.69 Å². The third kappa shape index (κ3) is 1.32. The lowest BCUT2D eigenvalue weighted by Gasteiger charge is -2.05. The van der Waals surface area contributed by atoms with Gasteiger partial charge < -0.3 is 0 Å². The Hall–Kier alpha value is -3.32. The second kappa shape index (κ2) is 3.84. The second-order valence-electron chi connectivity index (χ2n) is 4.04. The molecule has 20 heavy (non-hydrogen) atoms. The summed E-state index contributed by atoms with van der Waals surface area (Å²) in [6.45, 7) is 0. The largest absolute Gasteiger partial charge is 0.237 e. The summed E-state index contributed by atoms with van der Waals surface area (Å²) in [6, 6.07) is 7.09. The highest BCUT2D eigenvalue weighted by Crippen LogP contribution is 2.32. The van der Waals surface area contributed by atoms with E-state index in [2.05, 4.69) is 35.5 Å². The van der Waals surface area contributed by atoms with Crippen molar-refractivity contribution in [2.24, 2.45) is 5.11 Å². The summed E-state index contributed by atoms with van der Waals surface area (Å²) >= 11 is 0. The number of nitrogens with zero attached hydrogens (tertiary/aromatic N) is 9. The SMILES string of the molecule is [N-]=[N+]=Nc1c2cccnc2nc2c1ccc1nnnn12. The molecule has 0 aliphatic heterocycles. The molecule has 0 aliphatic rings. The maximum absolute atomic E-state index is 8.78. The fraction of sp³-hybridized carbons (Fsp3) is 0. The molecule has 0 spiro atoms. The zero-order valence-electron chi connectivity index (χ0n) is 9.91. The summed E-state index contributed by atoms with van der Waals surface area (Å²) in [7, 11) is 0. The molecule has 0 fully saturated rings. The Balaban J connectivity index is 2.34. The van der Waals surface area contributed by atoms with Crippen LogP contribution in [0.2, 0.25) is 0 Å². The average molecular weight is 263 g/mol. The summed E-state index contributed by atoms with van der Waals surface area (Å²) in [4.78, 5) is 11.5. The van der Waals surface area contributed by atoms with Crippen molar-refractivity contribution in [2.75, 3.05) is 0 Å². The average Bonchev–Trinajstić information content (AvgIpc) is 2.96. The number of rotatable bonds is 1. The van der Waals surface area contributed by atoms with Crippen LogP contribution in [0.25, 0.3) is 38.2 Å². The van der Waals surface area contributed by atoms with Gasteiger partial charge in [0.25, 0.3) is 0 Å². The molecule has 4 aromatic rings. The number of aromatic nitrogens is 6. The molecule has 0 radical (unpaired) electrons. The van der Waals surface area contributed by atoms with Crippen LogP contribution >= 0.6 is 0 Å². The van der Waals surface area contributed by atoms with Crippen molar-refractivity contribution in [2.45, 2.75) is 0 Å². The normalized spacial score (nSPS) is 11.0. The molecule has 4 heterocycles. The van der Waals surface area contributed by atoms with E-state index in [9.17, 15) is 0 Å². The minimum atomic E-state index is 0.470. The van der Waals surface area contributed by atoms with Gasteiger partial charge in [-0.2, -0.15) is 4.52 Å². The quantitative estimate of drug-likeness (QED) is 0.225. The van der Waals surface area contributed by atoms with Crippen LogP contribution in [0.15, 0.2) is 35.6 Å². The number of pyridine rings is 3. The van der Waals surface area contributed by atoms with Crippen molar-refractivity contribution in [1.29, 1.82) is 0 Å². The van der Waals surface area contributed by atoms with Gasteiger partial charge in [0.2, 0.25) is 0 Å². The first-order chi connectivity index (χ1) is 9.88. The molecule has 0 N–H and O–H groups in total. The fourth-order valence-electron chi connectivity index (χ4n) is 2.16. The molecule has 94 valence electrons. The molecule has 0 aliphatic carbocycles. The highest BCUT2D eigenvalue weighted by Gasteiger charge is 2.12. The molecular weight excluding hydrogens is 258 g/mol. The van der Waals surface area contributed by atoms with E-state index >= 15 is 0 Å². The monoisotopic (exact) mass is 263 g/mol. The van der Waals surface area contributed by atoms with Crippen LogP contribution < -0.4 is 0 Å². The summed E-state index contributed by atoms with van der Waals surface area (Å²) in [5.41, 5.74) is 10.8. The number of tetrazole rings is 1. The summed E-state index contributed by atoms with van der Waals surface area (Å²) < 4.78 is 1.49. The zero-order chi connectivity index (χ0) is 13.5. The predicted octanol–water partition coefficient (Wildman–Crippen LogP) is 2.16. The van der Waals surface area contributed by atoms with Gasteiger partial charge in [0.15, 0.2) is 16.9 Å². The first-order valence-electron chi connectivity index (χ1n) is 5.69. The number of hydrogen-bond acceptors (Lipinski definition) is 6. The fourth-order valence-corrected chi connectivity index (χ4v) is 2.16. The molecule has 0 saturated carbocycles. The van der Waals surface area contributed by atoms with Crippen LogP contribution in [-0.4, -0.2) is 30.0 Å². The van der Waals surface area contributed by atoms with Crippen molar-refractivity contribution in [3.8, 4) is 0 Å². The molecule has 0 unspecified atom stereocenters. The molecule has 0 aromatic carbocycles. The third-order valence-corrected chi connectivity index (χ3v) is 2.99. The zero-order valence-corrected chi connectivity index (χ0v) is 9.91. The Morgan fingerprint density at radius 1 is 1.20 bits per heavy atom. The van der Waals surface area contributed by atoms with E-state index in [4.69, 9.17) is 5.53 Å². The lowest BCUT2D eigenvalue weighted by atomic mass is 10.2. The van der Waals surface area contributed by atoms with Crippen LogP contribution in [0.3, 0.4) is 0 Å². The van der Waals surface area contributed by atoms with E-state index in [1.165, 1.54) is 4.52 Å². The summed E-state index contributed by atoms with van der Waals surface area (Å²) in [6.07, 6.45) is 1.63. The number of fused-ring (bicyclic) bond motifs is 4. The van der Waals surface area contributed by atoms with Crippen molar-refractivity contribution in [1.82, 2.24) is 30.0 Å². The Kier molecular flexibility index (Phi) is 2.03. The van der Waals surface area contributed by atoms with Gasteiger partial charge in [0, 0.05) is 21.9 Å². The van der Waals surface area contributed by atoms with Crippen LogP contribution in [-0.2, 0) is 0 Å². The highest BCUT2D eigenvalue weighted by atomic mass is 15.5. The summed E-state index contributed by atoms with van der Waals surface area (Å²) in [5.74, 6) is 0. The van der Waals surface area contributed by atoms with Crippen LogP contribution in [0.1, 0.15) is 0 Å². The van der Waals surface area contributed by atoms with Gasteiger partial charge >= 0.3 is 0 Å². The molecule has 0 saturated heterocycles. The Morgan fingerprint density at radius 3 is 3.05 bits per heavy atom. The standard InChI is InChI=1S/C11H5N9/c12-17-16-9-6-2-1-5-13-10(6)14-11-7(9)3-4-8-15-18-19-20(8)11/h1-5H. The first kappa shape index (κ1) is 10.6. The van der Waals surface area contributed by atoms with Crippen molar-refractivity contribution >= 4 is 33.4 Å². The number of azide groups is 1. The van der Waals surface area contributed by atoms with Gasteiger partial charge in [-0.15, -0.1) is 5.10 Å². The van der Waals surface area contributed by atoms with Gasteiger partial charge in [-0.05, 0) is 40.2 Å². The molecule has 0 bridgehead atoms. The first-order valence-corrected chi connectivity index (χ1v) is 5.69. The van der Waals surface area contributed by atoms with Gasteiger partial charge in [-0.1, -0.05) is 5.11 Å². The third-order valence-electron chi connectivity index (χ3n) is 2.99. The van der Waals surface area contributed by atoms with Gasteiger partial charge in [0.05, 0.1) is 5.69 Å². The Bertz CT molecular complexity index is 1010. The smallest absolute Gasteiger partial charge is 0.181 e.